The average molecular weight is 224 g/mol. The van der Waals surface area contributed by atoms with Gasteiger partial charge in [-0.05, 0) is 5.92 Å². The van der Waals surface area contributed by atoms with E-state index in [1.54, 1.807) is 10.9 Å². The Labute approximate surface area is 96.2 Å². The van der Waals surface area contributed by atoms with E-state index in [4.69, 9.17) is 4.74 Å². The zero-order valence-corrected chi connectivity index (χ0v) is 10.2. The minimum Gasteiger partial charge on any atom is -0.385 e. The number of nitrogens with zero attached hydrogens (tertiary/aromatic N) is 2. The Hall–Kier alpha value is -0.870. The molecule has 0 amide bonds. The van der Waals surface area contributed by atoms with Gasteiger partial charge in [-0.1, -0.05) is 13.8 Å². The molecule has 0 aliphatic carbocycles. The number of aryl methyl sites for hydroxylation is 1. The lowest BCUT2D eigenvalue weighted by Crippen LogP contribution is -2.40. The van der Waals surface area contributed by atoms with Gasteiger partial charge in [0, 0.05) is 31.6 Å². The van der Waals surface area contributed by atoms with E-state index in [1.807, 2.05) is 13.2 Å². The highest BCUT2D eigenvalue weighted by Gasteiger charge is 2.38. The van der Waals surface area contributed by atoms with E-state index in [0.717, 1.165) is 5.56 Å². The van der Waals surface area contributed by atoms with E-state index < -0.39 is 5.60 Å². The fourth-order valence-corrected chi connectivity index (χ4v) is 2.22. The molecule has 0 spiro atoms. The quantitative estimate of drug-likeness (QED) is 0.827. The SMILES string of the molecule is CC(C)C1CC(O)(c2cnn(C)c2)CCO1. The van der Waals surface area contributed by atoms with Crippen LogP contribution in [-0.2, 0) is 17.4 Å². The molecule has 0 saturated carbocycles. The fraction of sp³-hybridized carbons (Fsp3) is 0.750. The number of rotatable bonds is 2. The number of ether oxygens (including phenoxy) is 1. The van der Waals surface area contributed by atoms with Crippen molar-refractivity contribution in [2.45, 2.75) is 38.4 Å². The Kier molecular flexibility index (Phi) is 3.04. The molecule has 1 aromatic heterocycles. The first-order chi connectivity index (χ1) is 7.51. The molecule has 1 saturated heterocycles. The van der Waals surface area contributed by atoms with Gasteiger partial charge in [0.05, 0.1) is 24.5 Å². The maximum atomic E-state index is 10.6. The molecule has 2 heterocycles. The van der Waals surface area contributed by atoms with Crippen LogP contribution in [0, 0.1) is 5.92 Å². The second kappa shape index (κ2) is 4.18. The summed E-state index contributed by atoms with van der Waals surface area (Å²) in [6.07, 6.45) is 5.10. The third kappa shape index (κ3) is 2.13. The molecular weight excluding hydrogens is 204 g/mol. The Balaban J connectivity index is 2.18. The van der Waals surface area contributed by atoms with Gasteiger partial charge in [-0.25, -0.2) is 0 Å². The first kappa shape index (κ1) is 11.6. The van der Waals surface area contributed by atoms with E-state index in [9.17, 15) is 5.11 Å². The second-order valence-electron chi connectivity index (χ2n) is 5.04. The van der Waals surface area contributed by atoms with Gasteiger partial charge in [-0.2, -0.15) is 5.10 Å². The van der Waals surface area contributed by atoms with Crippen LogP contribution in [-0.4, -0.2) is 27.6 Å². The van der Waals surface area contributed by atoms with E-state index >= 15 is 0 Å². The van der Waals surface area contributed by atoms with Crippen molar-refractivity contribution in [2.24, 2.45) is 13.0 Å². The summed E-state index contributed by atoms with van der Waals surface area (Å²) in [7, 11) is 1.87. The molecule has 2 rings (SSSR count). The van der Waals surface area contributed by atoms with Crippen molar-refractivity contribution in [3.05, 3.63) is 18.0 Å². The lowest BCUT2D eigenvalue weighted by atomic mass is 9.82. The summed E-state index contributed by atoms with van der Waals surface area (Å²) in [5.41, 5.74) is 0.144. The predicted octanol–water partition coefficient (Wildman–Crippen LogP) is 1.44. The summed E-state index contributed by atoms with van der Waals surface area (Å²) >= 11 is 0. The number of hydrogen-bond donors (Lipinski definition) is 1. The van der Waals surface area contributed by atoms with Crippen molar-refractivity contribution in [3.8, 4) is 0 Å². The van der Waals surface area contributed by atoms with E-state index in [2.05, 4.69) is 18.9 Å². The summed E-state index contributed by atoms with van der Waals surface area (Å²) in [6.45, 7) is 4.87. The smallest absolute Gasteiger partial charge is 0.0973 e. The van der Waals surface area contributed by atoms with Crippen LogP contribution in [0.15, 0.2) is 12.4 Å². The summed E-state index contributed by atoms with van der Waals surface area (Å²) in [4.78, 5) is 0. The molecule has 16 heavy (non-hydrogen) atoms. The van der Waals surface area contributed by atoms with Gasteiger partial charge in [0.15, 0.2) is 0 Å². The maximum absolute atomic E-state index is 10.6. The molecule has 0 bridgehead atoms. The van der Waals surface area contributed by atoms with Crippen LogP contribution < -0.4 is 0 Å². The van der Waals surface area contributed by atoms with Gasteiger partial charge in [0.1, 0.15) is 0 Å². The highest BCUT2D eigenvalue weighted by Crippen LogP contribution is 2.36. The van der Waals surface area contributed by atoms with Crippen molar-refractivity contribution < 1.29 is 9.84 Å². The highest BCUT2D eigenvalue weighted by atomic mass is 16.5. The van der Waals surface area contributed by atoms with E-state index in [1.165, 1.54) is 0 Å². The molecule has 1 aliphatic rings. The minimum absolute atomic E-state index is 0.138. The molecule has 4 nitrogen and oxygen atoms in total. The van der Waals surface area contributed by atoms with Gasteiger partial charge in [-0.15, -0.1) is 0 Å². The molecule has 2 unspecified atom stereocenters. The molecule has 2 atom stereocenters. The molecule has 1 aromatic rings. The minimum atomic E-state index is -0.762. The van der Waals surface area contributed by atoms with Crippen LogP contribution in [0.4, 0.5) is 0 Å². The lowest BCUT2D eigenvalue weighted by Gasteiger charge is -2.38. The number of aliphatic hydroxyl groups is 1. The molecule has 4 heteroatoms. The van der Waals surface area contributed by atoms with Crippen molar-refractivity contribution in [2.75, 3.05) is 6.61 Å². The first-order valence-electron chi connectivity index (χ1n) is 5.84. The average Bonchev–Trinajstić information content (AvgIpc) is 2.65. The summed E-state index contributed by atoms with van der Waals surface area (Å²) < 4.78 is 7.41. The highest BCUT2D eigenvalue weighted by molar-refractivity contribution is 5.16. The van der Waals surface area contributed by atoms with Crippen LogP contribution in [0.1, 0.15) is 32.3 Å². The Morgan fingerprint density at radius 1 is 1.62 bits per heavy atom. The van der Waals surface area contributed by atoms with E-state index in [0.29, 0.717) is 25.4 Å². The predicted molar refractivity (Wildman–Crippen MR) is 60.9 cm³/mol. The number of hydrogen-bond acceptors (Lipinski definition) is 3. The van der Waals surface area contributed by atoms with Crippen LogP contribution in [0.25, 0.3) is 0 Å². The van der Waals surface area contributed by atoms with E-state index in [-0.39, 0.29) is 6.10 Å². The number of aromatic nitrogens is 2. The van der Waals surface area contributed by atoms with Crippen molar-refractivity contribution in [1.82, 2.24) is 9.78 Å². The van der Waals surface area contributed by atoms with Crippen molar-refractivity contribution in [1.29, 1.82) is 0 Å². The monoisotopic (exact) mass is 224 g/mol. The van der Waals surface area contributed by atoms with Crippen LogP contribution in [0.3, 0.4) is 0 Å². The molecule has 1 aliphatic heterocycles. The molecule has 90 valence electrons. The standard InChI is InChI=1S/C12H20N2O2/c1-9(2)11-6-12(15,4-5-16-11)10-7-13-14(3)8-10/h7-9,11,15H,4-6H2,1-3H3. The first-order valence-corrected chi connectivity index (χ1v) is 5.84. The molecule has 1 N–H and O–H groups in total. The van der Waals surface area contributed by atoms with Gasteiger partial charge in [0.2, 0.25) is 0 Å². The Morgan fingerprint density at radius 2 is 2.38 bits per heavy atom. The molecular formula is C12H20N2O2. The topological polar surface area (TPSA) is 47.3 Å². The third-order valence-electron chi connectivity index (χ3n) is 3.37. The Morgan fingerprint density at radius 3 is 2.94 bits per heavy atom. The van der Waals surface area contributed by atoms with Gasteiger partial charge in [0.25, 0.3) is 0 Å². The summed E-state index contributed by atoms with van der Waals surface area (Å²) in [5.74, 6) is 0.434. The van der Waals surface area contributed by atoms with Gasteiger partial charge < -0.3 is 9.84 Å². The van der Waals surface area contributed by atoms with Crippen molar-refractivity contribution in [3.63, 3.8) is 0 Å². The zero-order chi connectivity index (χ0) is 11.8. The van der Waals surface area contributed by atoms with Gasteiger partial charge in [-0.3, -0.25) is 4.68 Å². The summed E-state index contributed by atoms with van der Waals surface area (Å²) in [5, 5.41) is 14.8. The third-order valence-corrected chi connectivity index (χ3v) is 3.37. The Bertz CT molecular complexity index is 362. The van der Waals surface area contributed by atoms with Crippen LogP contribution in [0.2, 0.25) is 0 Å². The van der Waals surface area contributed by atoms with Crippen molar-refractivity contribution >= 4 is 0 Å². The van der Waals surface area contributed by atoms with Crippen LogP contribution >= 0.6 is 0 Å². The van der Waals surface area contributed by atoms with Crippen LogP contribution in [0.5, 0.6) is 0 Å². The maximum Gasteiger partial charge on any atom is 0.0973 e. The normalized spacial score (nSPS) is 30.9. The fourth-order valence-electron chi connectivity index (χ4n) is 2.22. The summed E-state index contributed by atoms with van der Waals surface area (Å²) in [6, 6.07) is 0. The molecule has 0 radical (unpaired) electrons. The lowest BCUT2D eigenvalue weighted by molar-refractivity contribution is -0.121. The molecule has 0 aromatic carbocycles. The molecule has 1 fully saturated rings. The zero-order valence-electron chi connectivity index (χ0n) is 10.2. The van der Waals surface area contributed by atoms with Gasteiger partial charge >= 0.3 is 0 Å². The largest absolute Gasteiger partial charge is 0.385 e. The second-order valence-corrected chi connectivity index (χ2v) is 5.04.